The number of nitrogens with zero attached hydrogens (tertiary/aromatic N) is 1. The summed E-state index contributed by atoms with van der Waals surface area (Å²) in [6, 6.07) is 15.6. The largest absolute Gasteiger partial charge is 0.503 e. The number of halogens is 1. The van der Waals surface area contributed by atoms with Crippen LogP contribution in [0.1, 0.15) is 22.2 Å². The van der Waals surface area contributed by atoms with Crippen LogP contribution in [0.5, 0.6) is 23.0 Å². The maximum absolute atomic E-state index is 14.0. The third-order valence-corrected chi connectivity index (χ3v) is 6.90. The summed E-state index contributed by atoms with van der Waals surface area (Å²) in [5.74, 6) is -0.471. The molecule has 3 aromatic carbocycles. The molecule has 1 atom stereocenters. The highest BCUT2D eigenvalue weighted by Gasteiger charge is 2.46. The van der Waals surface area contributed by atoms with Crippen LogP contribution in [0.4, 0.5) is 5.69 Å². The molecule has 6 rings (SSSR count). The van der Waals surface area contributed by atoms with Crippen LogP contribution in [0.3, 0.4) is 0 Å². The maximum Gasteiger partial charge on any atom is 0.294 e. The Kier molecular flexibility index (Phi) is 6.07. The number of fused-ring (bicyclic) bond motifs is 2. The lowest BCUT2D eigenvalue weighted by Crippen LogP contribution is -2.31. The minimum absolute atomic E-state index is 0.0937. The number of carbonyl (C=O) groups excluding carboxylic acids is 2. The van der Waals surface area contributed by atoms with Crippen molar-refractivity contribution in [2.45, 2.75) is 6.04 Å². The van der Waals surface area contributed by atoms with Crippen molar-refractivity contribution in [1.29, 1.82) is 0 Å². The second-order valence-corrected chi connectivity index (χ2v) is 9.31. The minimum atomic E-state index is -1.04. The molecule has 39 heavy (non-hydrogen) atoms. The van der Waals surface area contributed by atoms with Crippen LogP contribution in [0.15, 0.2) is 76.4 Å². The first-order valence-corrected chi connectivity index (χ1v) is 12.4. The normalized spacial score (nSPS) is 16.6. The molecule has 0 aliphatic carbocycles. The van der Waals surface area contributed by atoms with Gasteiger partial charge in [0, 0.05) is 33.8 Å². The lowest BCUT2D eigenvalue weighted by atomic mass is 9.94. The van der Waals surface area contributed by atoms with E-state index in [1.807, 2.05) is 0 Å². The highest BCUT2D eigenvalue weighted by Crippen LogP contribution is 2.47. The van der Waals surface area contributed by atoms with Crippen LogP contribution in [-0.4, -0.2) is 44.2 Å². The first-order chi connectivity index (χ1) is 18.9. The van der Waals surface area contributed by atoms with Gasteiger partial charge >= 0.3 is 0 Å². The average molecular weight is 548 g/mol. The number of hydrogen-bond acceptors (Lipinski definition) is 8. The van der Waals surface area contributed by atoms with E-state index >= 15 is 0 Å². The number of para-hydroxylation sites is 1. The van der Waals surface area contributed by atoms with E-state index in [0.29, 0.717) is 63.5 Å². The van der Waals surface area contributed by atoms with Crippen LogP contribution in [0, 0.1) is 0 Å². The minimum Gasteiger partial charge on any atom is -0.503 e. The van der Waals surface area contributed by atoms with Crippen LogP contribution in [0.25, 0.3) is 11.0 Å². The van der Waals surface area contributed by atoms with Gasteiger partial charge in [-0.3, -0.25) is 14.5 Å². The van der Waals surface area contributed by atoms with E-state index in [1.54, 1.807) is 54.6 Å². The van der Waals surface area contributed by atoms with Gasteiger partial charge in [0.2, 0.25) is 5.78 Å². The molecule has 2 aliphatic heterocycles. The number of aliphatic hydroxyl groups excluding tert-OH is 1. The van der Waals surface area contributed by atoms with E-state index in [1.165, 1.54) is 25.2 Å². The van der Waals surface area contributed by atoms with Gasteiger partial charge in [-0.05, 0) is 30.3 Å². The van der Waals surface area contributed by atoms with E-state index in [0.717, 1.165) is 0 Å². The Morgan fingerprint density at radius 3 is 2.49 bits per heavy atom. The zero-order valence-electron chi connectivity index (χ0n) is 20.9. The summed E-state index contributed by atoms with van der Waals surface area (Å²) in [6.45, 7) is 0.764. The molecule has 0 saturated heterocycles. The average Bonchev–Trinajstić information content (AvgIpc) is 3.50. The second-order valence-electron chi connectivity index (χ2n) is 8.88. The highest BCUT2D eigenvalue weighted by molar-refractivity contribution is 6.31. The zero-order chi connectivity index (χ0) is 27.3. The van der Waals surface area contributed by atoms with E-state index < -0.39 is 23.5 Å². The fraction of sp³-hybridized carbons (Fsp3) is 0.172. The molecule has 2 aliphatic rings. The Labute approximate surface area is 227 Å². The van der Waals surface area contributed by atoms with Crippen molar-refractivity contribution >= 4 is 39.9 Å². The topological polar surface area (TPSA) is 108 Å². The summed E-state index contributed by atoms with van der Waals surface area (Å²) in [5.41, 5.74) is 1.04. The van der Waals surface area contributed by atoms with Crippen LogP contribution >= 0.6 is 11.6 Å². The molecule has 1 amide bonds. The highest BCUT2D eigenvalue weighted by atomic mass is 35.5. The van der Waals surface area contributed by atoms with Gasteiger partial charge in [-0.25, -0.2) is 0 Å². The molecule has 10 heteroatoms. The standard InChI is InChI=1S/C29H22ClNO8/c1-35-19-6-4-3-5-18(19)25-24(26(32)22-12-15-11-16(30)13-23(36-2)28(15)39-22)27(33)29(34)31(25)17-7-8-20-21(14-17)38-10-9-37-20/h3-8,11-14,25,33H,9-10H2,1-2H3. The van der Waals surface area contributed by atoms with Crippen molar-refractivity contribution in [3.8, 4) is 23.0 Å². The molecule has 198 valence electrons. The van der Waals surface area contributed by atoms with Crippen LogP contribution in [0.2, 0.25) is 5.02 Å². The van der Waals surface area contributed by atoms with Crippen molar-refractivity contribution < 1.29 is 38.1 Å². The summed E-state index contributed by atoms with van der Waals surface area (Å²) in [4.78, 5) is 28.9. The third kappa shape index (κ3) is 4.02. The molecule has 0 bridgehead atoms. The molecular formula is C29H22ClNO8. The SMILES string of the molecule is COc1ccccc1C1C(C(=O)c2cc3cc(Cl)cc(OC)c3o2)=C(O)C(=O)N1c1ccc2c(c1)OCCO2. The number of ether oxygens (including phenoxy) is 4. The molecule has 0 spiro atoms. The maximum atomic E-state index is 14.0. The van der Waals surface area contributed by atoms with E-state index in [2.05, 4.69) is 0 Å². The van der Waals surface area contributed by atoms with Crippen molar-refractivity contribution in [2.24, 2.45) is 0 Å². The number of methoxy groups -OCH3 is 2. The van der Waals surface area contributed by atoms with Gasteiger partial charge in [-0.1, -0.05) is 29.8 Å². The fourth-order valence-corrected chi connectivity index (χ4v) is 5.17. The smallest absolute Gasteiger partial charge is 0.294 e. The number of ketones is 1. The van der Waals surface area contributed by atoms with E-state index in [-0.39, 0.29) is 11.3 Å². The number of aliphatic hydroxyl groups is 1. The van der Waals surface area contributed by atoms with E-state index in [9.17, 15) is 14.7 Å². The molecule has 1 N–H and O–H groups in total. The van der Waals surface area contributed by atoms with Gasteiger partial charge in [0.1, 0.15) is 19.0 Å². The van der Waals surface area contributed by atoms with Gasteiger partial charge in [0.05, 0.1) is 25.8 Å². The Bertz CT molecular complexity index is 1670. The quantitative estimate of drug-likeness (QED) is 0.308. The van der Waals surface area contributed by atoms with Crippen molar-refractivity contribution in [2.75, 3.05) is 32.3 Å². The summed E-state index contributed by atoms with van der Waals surface area (Å²) in [6.07, 6.45) is 0. The number of furan rings is 1. The third-order valence-electron chi connectivity index (χ3n) is 6.68. The van der Waals surface area contributed by atoms with Gasteiger partial charge in [-0.2, -0.15) is 0 Å². The Morgan fingerprint density at radius 1 is 0.974 bits per heavy atom. The van der Waals surface area contributed by atoms with Crippen LogP contribution in [-0.2, 0) is 4.79 Å². The predicted molar refractivity (Wildman–Crippen MR) is 142 cm³/mol. The Balaban J connectivity index is 1.51. The first-order valence-electron chi connectivity index (χ1n) is 12.0. The van der Waals surface area contributed by atoms with Crippen molar-refractivity contribution in [3.63, 3.8) is 0 Å². The molecule has 9 nitrogen and oxygen atoms in total. The number of Topliss-reactive ketones (excluding diaryl/α,β-unsaturated/α-hetero) is 1. The zero-order valence-corrected chi connectivity index (χ0v) is 21.7. The van der Waals surface area contributed by atoms with Gasteiger partial charge < -0.3 is 28.5 Å². The molecule has 1 aromatic heterocycles. The summed E-state index contributed by atoms with van der Waals surface area (Å²) in [7, 11) is 2.95. The number of benzene rings is 3. The van der Waals surface area contributed by atoms with Crippen LogP contribution < -0.4 is 23.8 Å². The molecule has 0 fully saturated rings. The number of carbonyl (C=O) groups is 2. The molecule has 0 saturated carbocycles. The van der Waals surface area contributed by atoms with E-state index in [4.69, 9.17) is 35.0 Å². The monoisotopic (exact) mass is 547 g/mol. The lowest BCUT2D eigenvalue weighted by Gasteiger charge is -2.29. The van der Waals surface area contributed by atoms with Gasteiger partial charge in [0.25, 0.3) is 5.91 Å². The van der Waals surface area contributed by atoms with Crippen molar-refractivity contribution in [3.05, 3.63) is 88.3 Å². The number of rotatable bonds is 6. The first kappa shape index (κ1) is 24.7. The summed E-state index contributed by atoms with van der Waals surface area (Å²) >= 11 is 6.19. The summed E-state index contributed by atoms with van der Waals surface area (Å²) in [5, 5.41) is 12.1. The summed E-state index contributed by atoms with van der Waals surface area (Å²) < 4.78 is 28.1. The lowest BCUT2D eigenvalue weighted by molar-refractivity contribution is -0.117. The molecule has 3 heterocycles. The molecule has 0 radical (unpaired) electrons. The fourth-order valence-electron chi connectivity index (χ4n) is 4.95. The van der Waals surface area contributed by atoms with Gasteiger partial charge in [0.15, 0.2) is 34.4 Å². The Hall–Kier alpha value is -4.63. The van der Waals surface area contributed by atoms with Gasteiger partial charge in [-0.15, -0.1) is 0 Å². The number of anilines is 1. The molecule has 1 unspecified atom stereocenters. The predicted octanol–water partition coefficient (Wildman–Crippen LogP) is 5.66. The molecule has 4 aromatic rings. The number of hydrogen-bond donors (Lipinski definition) is 1. The van der Waals surface area contributed by atoms with Crippen molar-refractivity contribution in [1.82, 2.24) is 0 Å². The second kappa shape index (κ2) is 9.59. The number of amides is 1. The molecular weight excluding hydrogens is 526 g/mol. The Morgan fingerprint density at radius 2 is 1.72 bits per heavy atom.